The number of carbonyl (C=O) groups excluding carboxylic acids is 1. The minimum Gasteiger partial charge on any atom is -0.390 e. The van der Waals surface area contributed by atoms with Crippen molar-refractivity contribution in [1.29, 1.82) is 0 Å². The summed E-state index contributed by atoms with van der Waals surface area (Å²) in [4.78, 5) is 11.3. The second-order valence-corrected chi connectivity index (χ2v) is 4.40. The average molecular weight is 238 g/mol. The van der Waals surface area contributed by atoms with Gasteiger partial charge in [-0.2, -0.15) is 0 Å². The van der Waals surface area contributed by atoms with Crippen LogP contribution in [0.5, 0.6) is 0 Å². The zero-order valence-corrected chi connectivity index (χ0v) is 9.94. The van der Waals surface area contributed by atoms with Crippen molar-refractivity contribution in [2.24, 2.45) is 0 Å². The first-order valence-electron chi connectivity index (χ1n) is 5.23. The number of halogens is 2. The fourth-order valence-corrected chi connectivity index (χ4v) is 0.925. The van der Waals surface area contributed by atoms with Gasteiger partial charge in [0.05, 0.1) is 13.1 Å². The first-order chi connectivity index (χ1) is 7.22. The maximum atomic E-state index is 12.6. The van der Waals surface area contributed by atoms with Crippen LogP contribution in [0.2, 0.25) is 0 Å². The van der Waals surface area contributed by atoms with Gasteiger partial charge >= 0.3 is 0 Å². The molecule has 0 fully saturated rings. The van der Waals surface area contributed by atoms with Gasteiger partial charge in [-0.1, -0.05) is 6.92 Å². The minimum absolute atomic E-state index is 0.182. The van der Waals surface area contributed by atoms with Crippen molar-refractivity contribution >= 4 is 5.91 Å². The largest absolute Gasteiger partial charge is 0.390 e. The second kappa shape index (κ2) is 6.10. The van der Waals surface area contributed by atoms with E-state index in [4.69, 9.17) is 5.11 Å². The van der Waals surface area contributed by atoms with Crippen LogP contribution in [0.25, 0.3) is 0 Å². The molecule has 0 aliphatic heterocycles. The van der Waals surface area contributed by atoms with E-state index in [-0.39, 0.29) is 18.0 Å². The van der Waals surface area contributed by atoms with E-state index < -0.39 is 19.1 Å². The summed E-state index contributed by atoms with van der Waals surface area (Å²) < 4.78 is 25.1. The van der Waals surface area contributed by atoms with Crippen LogP contribution in [0.3, 0.4) is 0 Å². The molecule has 0 unspecified atom stereocenters. The predicted octanol–water partition coefficient (Wildman–Crippen LogP) is 0.508. The van der Waals surface area contributed by atoms with Crippen molar-refractivity contribution in [1.82, 2.24) is 10.6 Å². The SMILES string of the molecule is CCC(C)(C)NC(=O)CNCC(F)(F)CO. The molecule has 6 heteroatoms. The molecule has 0 saturated heterocycles. The van der Waals surface area contributed by atoms with Crippen molar-refractivity contribution in [3.8, 4) is 0 Å². The van der Waals surface area contributed by atoms with E-state index in [1.807, 2.05) is 20.8 Å². The quantitative estimate of drug-likeness (QED) is 0.605. The van der Waals surface area contributed by atoms with E-state index in [1.165, 1.54) is 0 Å². The van der Waals surface area contributed by atoms with E-state index in [2.05, 4.69) is 10.6 Å². The van der Waals surface area contributed by atoms with Gasteiger partial charge in [0, 0.05) is 5.54 Å². The number of carbonyl (C=O) groups is 1. The lowest BCUT2D eigenvalue weighted by Crippen LogP contribution is -2.48. The number of rotatable bonds is 7. The molecule has 0 rings (SSSR count). The summed E-state index contributed by atoms with van der Waals surface area (Å²) in [6.07, 6.45) is 0.755. The number of alkyl halides is 2. The average Bonchev–Trinajstić information content (AvgIpc) is 2.17. The molecule has 0 atom stereocenters. The van der Waals surface area contributed by atoms with Crippen LogP contribution in [0.1, 0.15) is 27.2 Å². The highest BCUT2D eigenvalue weighted by molar-refractivity contribution is 5.78. The summed E-state index contributed by atoms with van der Waals surface area (Å²) in [7, 11) is 0. The lowest BCUT2D eigenvalue weighted by Gasteiger charge is -2.24. The van der Waals surface area contributed by atoms with E-state index in [1.54, 1.807) is 0 Å². The Balaban J connectivity index is 3.83. The van der Waals surface area contributed by atoms with Gasteiger partial charge in [-0.05, 0) is 20.3 Å². The van der Waals surface area contributed by atoms with Crippen LogP contribution in [0.15, 0.2) is 0 Å². The van der Waals surface area contributed by atoms with Crippen LogP contribution in [0, 0.1) is 0 Å². The van der Waals surface area contributed by atoms with Gasteiger partial charge in [0.25, 0.3) is 5.92 Å². The van der Waals surface area contributed by atoms with Crippen molar-refractivity contribution in [3.63, 3.8) is 0 Å². The zero-order chi connectivity index (χ0) is 12.8. The van der Waals surface area contributed by atoms with Crippen molar-refractivity contribution in [2.75, 3.05) is 19.7 Å². The third-order valence-corrected chi connectivity index (χ3v) is 2.26. The van der Waals surface area contributed by atoms with Gasteiger partial charge in [-0.3, -0.25) is 4.79 Å². The molecule has 0 radical (unpaired) electrons. The van der Waals surface area contributed by atoms with E-state index in [9.17, 15) is 13.6 Å². The van der Waals surface area contributed by atoms with Gasteiger partial charge in [-0.15, -0.1) is 0 Å². The summed E-state index contributed by atoms with van der Waals surface area (Å²) in [6.45, 7) is 3.53. The summed E-state index contributed by atoms with van der Waals surface area (Å²) in [5.74, 6) is -3.51. The van der Waals surface area contributed by atoms with Gasteiger partial charge in [0.1, 0.15) is 6.61 Å². The molecule has 0 aliphatic rings. The normalized spacial score (nSPS) is 12.6. The van der Waals surface area contributed by atoms with Crippen LogP contribution >= 0.6 is 0 Å². The Kier molecular flexibility index (Phi) is 5.81. The number of aliphatic hydroxyl groups is 1. The predicted molar refractivity (Wildman–Crippen MR) is 57.4 cm³/mol. The summed E-state index contributed by atoms with van der Waals surface area (Å²) >= 11 is 0. The van der Waals surface area contributed by atoms with Crippen LogP contribution in [-0.4, -0.2) is 42.2 Å². The number of nitrogens with one attached hydrogen (secondary N) is 2. The molecule has 0 bridgehead atoms. The van der Waals surface area contributed by atoms with E-state index in [0.717, 1.165) is 6.42 Å². The monoisotopic (exact) mass is 238 g/mol. The smallest absolute Gasteiger partial charge is 0.282 e. The van der Waals surface area contributed by atoms with E-state index >= 15 is 0 Å². The standard InChI is InChI=1S/C10H20F2N2O2/c1-4-9(2,3)14-8(16)5-13-6-10(11,12)7-15/h13,15H,4-7H2,1-3H3,(H,14,16). The molecule has 0 spiro atoms. The fourth-order valence-electron chi connectivity index (χ4n) is 0.925. The highest BCUT2D eigenvalue weighted by Gasteiger charge is 2.27. The minimum atomic E-state index is -3.18. The van der Waals surface area contributed by atoms with Crippen molar-refractivity contribution < 1.29 is 18.7 Å². The first-order valence-corrected chi connectivity index (χ1v) is 5.23. The van der Waals surface area contributed by atoms with Gasteiger partial charge in [0.15, 0.2) is 0 Å². The molecule has 0 aromatic rings. The van der Waals surface area contributed by atoms with Gasteiger partial charge < -0.3 is 15.7 Å². The Bertz CT molecular complexity index is 233. The number of hydrogen-bond acceptors (Lipinski definition) is 3. The molecular weight excluding hydrogens is 218 g/mol. The van der Waals surface area contributed by atoms with Crippen LogP contribution in [-0.2, 0) is 4.79 Å². The Hall–Kier alpha value is -0.750. The third kappa shape index (κ3) is 6.68. The number of amides is 1. The highest BCUT2D eigenvalue weighted by atomic mass is 19.3. The first kappa shape index (κ1) is 15.2. The molecule has 0 aromatic heterocycles. The van der Waals surface area contributed by atoms with Crippen molar-refractivity contribution in [3.05, 3.63) is 0 Å². The molecule has 16 heavy (non-hydrogen) atoms. The lowest BCUT2D eigenvalue weighted by molar-refractivity contribution is -0.122. The number of aliphatic hydroxyl groups excluding tert-OH is 1. The molecule has 4 nitrogen and oxygen atoms in total. The third-order valence-electron chi connectivity index (χ3n) is 2.26. The molecule has 0 saturated carbocycles. The molecule has 1 amide bonds. The maximum Gasteiger partial charge on any atom is 0.282 e. The molecule has 3 N–H and O–H groups in total. The van der Waals surface area contributed by atoms with Crippen LogP contribution < -0.4 is 10.6 Å². The Morgan fingerprint density at radius 1 is 1.38 bits per heavy atom. The van der Waals surface area contributed by atoms with E-state index in [0.29, 0.717) is 0 Å². The van der Waals surface area contributed by atoms with Gasteiger partial charge in [0.2, 0.25) is 5.91 Å². The van der Waals surface area contributed by atoms with Crippen LogP contribution in [0.4, 0.5) is 8.78 Å². The Labute approximate surface area is 94.4 Å². The molecule has 0 aliphatic carbocycles. The lowest BCUT2D eigenvalue weighted by atomic mass is 10.0. The summed E-state index contributed by atoms with van der Waals surface area (Å²) in [5.41, 5.74) is -0.335. The zero-order valence-electron chi connectivity index (χ0n) is 9.94. The Morgan fingerprint density at radius 3 is 2.38 bits per heavy atom. The summed E-state index contributed by atoms with van der Waals surface area (Å²) in [6, 6.07) is 0. The van der Waals surface area contributed by atoms with Gasteiger partial charge in [-0.25, -0.2) is 8.78 Å². The number of hydrogen-bond donors (Lipinski definition) is 3. The molecule has 96 valence electrons. The topological polar surface area (TPSA) is 61.4 Å². The Morgan fingerprint density at radius 2 is 1.94 bits per heavy atom. The second-order valence-electron chi connectivity index (χ2n) is 4.40. The van der Waals surface area contributed by atoms with Crippen molar-refractivity contribution in [2.45, 2.75) is 38.7 Å². The molecule has 0 heterocycles. The molecular formula is C10H20F2N2O2. The highest BCUT2D eigenvalue weighted by Crippen LogP contribution is 2.09. The summed E-state index contributed by atoms with van der Waals surface area (Å²) in [5, 5.41) is 13.3. The molecule has 0 aromatic carbocycles. The fraction of sp³-hybridized carbons (Fsp3) is 0.900. The maximum absolute atomic E-state index is 12.6.